The van der Waals surface area contributed by atoms with E-state index in [4.69, 9.17) is 0 Å². The minimum atomic E-state index is 0.0820. The molecule has 2 aromatic rings. The van der Waals surface area contributed by atoms with E-state index in [1.807, 2.05) is 26.1 Å². The fraction of sp³-hybridized carbons (Fsp3) is 0.250. The molecule has 0 aromatic carbocycles. The van der Waals surface area contributed by atoms with Gasteiger partial charge in [-0.05, 0) is 18.6 Å². The van der Waals surface area contributed by atoms with Crippen molar-refractivity contribution in [3.05, 3.63) is 47.5 Å². The van der Waals surface area contributed by atoms with Crippen LogP contribution >= 0.6 is 0 Å². The lowest BCUT2D eigenvalue weighted by Gasteiger charge is -2.00. The third-order valence-corrected chi connectivity index (χ3v) is 2.62. The Bertz CT molecular complexity index is 502. The van der Waals surface area contributed by atoms with Gasteiger partial charge in [-0.2, -0.15) is 5.10 Å². The predicted octanol–water partition coefficient (Wildman–Crippen LogP) is 1.55. The second kappa shape index (κ2) is 4.26. The molecule has 0 aliphatic carbocycles. The maximum atomic E-state index is 12.0. The van der Waals surface area contributed by atoms with E-state index in [0.717, 1.165) is 11.3 Å². The minimum absolute atomic E-state index is 0.0820. The molecular weight excluding hydrogens is 202 g/mol. The van der Waals surface area contributed by atoms with E-state index in [2.05, 4.69) is 10.1 Å². The van der Waals surface area contributed by atoms with Crippen molar-refractivity contribution in [2.45, 2.75) is 13.3 Å². The summed E-state index contributed by atoms with van der Waals surface area (Å²) >= 11 is 0. The standard InChI is InChI=1S/C12H13N3O/c1-9-11(8-14-15(9)2)12(16)6-10-4-3-5-13-7-10/h3-5,7-8H,6H2,1-2H3. The van der Waals surface area contributed by atoms with Crippen molar-refractivity contribution in [3.63, 3.8) is 0 Å². The van der Waals surface area contributed by atoms with Gasteiger partial charge in [-0.3, -0.25) is 14.5 Å². The molecule has 2 aromatic heterocycles. The molecule has 4 heteroatoms. The van der Waals surface area contributed by atoms with Crippen LogP contribution in [-0.2, 0) is 13.5 Å². The molecule has 0 aliphatic rings. The van der Waals surface area contributed by atoms with Crippen LogP contribution in [0.5, 0.6) is 0 Å². The summed E-state index contributed by atoms with van der Waals surface area (Å²) in [5.41, 5.74) is 2.51. The van der Waals surface area contributed by atoms with Crippen LogP contribution in [0, 0.1) is 6.92 Å². The van der Waals surface area contributed by atoms with Gasteiger partial charge >= 0.3 is 0 Å². The summed E-state index contributed by atoms with van der Waals surface area (Å²) in [5.74, 6) is 0.0820. The highest BCUT2D eigenvalue weighted by Crippen LogP contribution is 2.10. The maximum absolute atomic E-state index is 12.0. The average Bonchev–Trinajstić information content (AvgIpc) is 2.61. The summed E-state index contributed by atoms with van der Waals surface area (Å²) in [6.07, 6.45) is 5.40. The Morgan fingerprint density at radius 2 is 2.25 bits per heavy atom. The first-order valence-electron chi connectivity index (χ1n) is 5.09. The molecule has 0 fully saturated rings. The number of carbonyl (C=O) groups excluding carboxylic acids is 1. The molecule has 16 heavy (non-hydrogen) atoms. The summed E-state index contributed by atoms with van der Waals surface area (Å²) in [6, 6.07) is 3.73. The number of carbonyl (C=O) groups is 1. The van der Waals surface area contributed by atoms with Crippen molar-refractivity contribution in [1.29, 1.82) is 0 Å². The van der Waals surface area contributed by atoms with Crippen LogP contribution in [-0.4, -0.2) is 20.5 Å². The zero-order chi connectivity index (χ0) is 11.5. The topological polar surface area (TPSA) is 47.8 Å². The fourth-order valence-electron chi connectivity index (χ4n) is 1.56. The zero-order valence-corrected chi connectivity index (χ0v) is 9.34. The maximum Gasteiger partial charge on any atom is 0.170 e. The lowest BCUT2D eigenvalue weighted by Crippen LogP contribution is -2.05. The number of Topliss-reactive ketones (excluding diaryl/α,β-unsaturated/α-hetero) is 1. The number of hydrogen-bond donors (Lipinski definition) is 0. The van der Waals surface area contributed by atoms with Gasteiger partial charge in [0.25, 0.3) is 0 Å². The first kappa shape index (κ1) is 10.5. The second-order valence-electron chi connectivity index (χ2n) is 3.73. The third-order valence-electron chi connectivity index (χ3n) is 2.62. The van der Waals surface area contributed by atoms with Crippen LogP contribution in [0.4, 0.5) is 0 Å². The summed E-state index contributed by atoms with van der Waals surface area (Å²) in [5, 5.41) is 4.06. The Kier molecular flexibility index (Phi) is 2.81. The second-order valence-corrected chi connectivity index (χ2v) is 3.73. The molecule has 0 atom stereocenters. The van der Waals surface area contributed by atoms with Gasteiger partial charge in [0, 0.05) is 31.6 Å². The normalized spacial score (nSPS) is 10.4. The lowest BCUT2D eigenvalue weighted by atomic mass is 10.1. The van der Waals surface area contributed by atoms with Crippen molar-refractivity contribution >= 4 is 5.78 Å². The molecule has 0 saturated heterocycles. The molecule has 0 N–H and O–H groups in total. The van der Waals surface area contributed by atoms with E-state index in [9.17, 15) is 4.79 Å². The summed E-state index contributed by atoms with van der Waals surface area (Å²) in [7, 11) is 1.83. The molecular formula is C12H13N3O. The Morgan fingerprint density at radius 3 is 2.81 bits per heavy atom. The third kappa shape index (κ3) is 2.00. The Labute approximate surface area is 93.9 Å². The Morgan fingerprint density at radius 1 is 1.44 bits per heavy atom. The number of ketones is 1. The van der Waals surface area contributed by atoms with Crippen LogP contribution in [0.2, 0.25) is 0 Å². The van der Waals surface area contributed by atoms with E-state index in [0.29, 0.717) is 12.0 Å². The summed E-state index contributed by atoms with van der Waals surface area (Å²) < 4.78 is 1.70. The van der Waals surface area contributed by atoms with Crippen LogP contribution in [0.25, 0.3) is 0 Å². The van der Waals surface area contributed by atoms with Gasteiger partial charge in [-0.15, -0.1) is 0 Å². The molecule has 0 amide bonds. The van der Waals surface area contributed by atoms with Gasteiger partial charge in [-0.1, -0.05) is 6.07 Å². The molecule has 0 radical (unpaired) electrons. The predicted molar refractivity (Wildman–Crippen MR) is 60.2 cm³/mol. The summed E-state index contributed by atoms with van der Waals surface area (Å²) in [4.78, 5) is 16.0. The first-order valence-corrected chi connectivity index (χ1v) is 5.09. The van der Waals surface area contributed by atoms with Crippen molar-refractivity contribution < 1.29 is 4.79 Å². The van der Waals surface area contributed by atoms with Crippen molar-refractivity contribution in [1.82, 2.24) is 14.8 Å². The van der Waals surface area contributed by atoms with Gasteiger partial charge in [0.1, 0.15) is 0 Å². The van der Waals surface area contributed by atoms with Gasteiger partial charge in [-0.25, -0.2) is 0 Å². The van der Waals surface area contributed by atoms with Crippen LogP contribution in [0.15, 0.2) is 30.7 Å². The molecule has 2 rings (SSSR count). The smallest absolute Gasteiger partial charge is 0.170 e. The number of pyridine rings is 1. The monoisotopic (exact) mass is 215 g/mol. The molecule has 4 nitrogen and oxygen atoms in total. The van der Waals surface area contributed by atoms with E-state index >= 15 is 0 Å². The highest BCUT2D eigenvalue weighted by molar-refractivity contribution is 5.98. The Balaban J connectivity index is 2.18. The lowest BCUT2D eigenvalue weighted by molar-refractivity contribution is 0.0992. The molecule has 82 valence electrons. The Hall–Kier alpha value is -1.97. The minimum Gasteiger partial charge on any atom is -0.294 e. The van der Waals surface area contributed by atoms with Crippen molar-refractivity contribution in [3.8, 4) is 0 Å². The van der Waals surface area contributed by atoms with Crippen LogP contribution in [0.3, 0.4) is 0 Å². The molecule has 0 unspecified atom stereocenters. The quantitative estimate of drug-likeness (QED) is 0.730. The number of aromatic nitrogens is 3. The van der Waals surface area contributed by atoms with E-state index in [-0.39, 0.29) is 5.78 Å². The van der Waals surface area contributed by atoms with Gasteiger partial charge < -0.3 is 0 Å². The van der Waals surface area contributed by atoms with Crippen molar-refractivity contribution in [2.24, 2.45) is 7.05 Å². The van der Waals surface area contributed by atoms with E-state index in [1.165, 1.54) is 0 Å². The molecule has 2 heterocycles. The van der Waals surface area contributed by atoms with Gasteiger partial charge in [0.15, 0.2) is 5.78 Å². The van der Waals surface area contributed by atoms with Gasteiger partial charge in [0.05, 0.1) is 11.8 Å². The van der Waals surface area contributed by atoms with Crippen molar-refractivity contribution in [2.75, 3.05) is 0 Å². The average molecular weight is 215 g/mol. The highest BCUT2D eigenvalue weighted by atomic mass is 16.1. The van der Waals surface area contributed by atoms with E-state index < -0.39 is 0 Å². The molecule has 0 aliphatic heterocycles. The molecule has 0 bridgehead atoms. The van der Waals surface area contributed by atoms with Crippen LogP contribution in [0.1, 0.15) is 21.6 Å². The fourth-order valence-corrected chi connectivity index (χ4v) is 1.56. The van der Waals surface area contributed by atoms with Crippen LogP contribution < -0.4 is 0 Å². The first-order chi connectivity index (χ1) is 7.68. The number of rotatable bonds is 3. The number of hydrogen-bond acceptors (Lipinski definition) is 3. The molecule has 0 spiro atoms. The SMILES string of the molecule is Cc1c(C(=O)Cc2cccnc2)cnn1C. The van der Waals surface area contributed by atoms with Gasteiger partial charge in [0.2, 0.25) is 0 Å². The number of nitrogens with zero attached hydrogens (tertiary/aromatic N) is 3. The highest BCUT2D eigenvalue weighted by Gasteiger charge is 2.13. The largest absolute Gasteiger partial charge is 0.294 e. The number of aryl methyl sites for hydroxylation is 1. The molecule has 0 saturated carbocycles. The van der Waals surface area contributed by atoms with E-state index in [1.54, 1.807) is 23.3 Å². The zero-order valence-electron chi connectivity index (χ0n) is 9.34. The summed E-state index contributed by atoms with van der Waals surface area (Å²) in [6.45, 7) is 1.89.